The highest BCUT2D eigenvalue weighted by Gasteiger charge is 2.17. The summed E-state index contributed by atoms with van der Waals surface area (Å²) in [7, 11) is 0. The first-order chi connectivity index (χ1) is 13.1. The largest absolute Gasteiger partial charge is 0.399 e. The second-order valence-electron chi connectivity index (χ2n) is 7.75. The molecule has 0 spiro atoms. The summed E-state index contributed by atoms with van der Waals surface area (Å²) in [6, 6.07) is 10.3. The Bertz CT molecular complexity index is 924. The number of benzene rings is 1. The van der Waals surface area contributed by atoms with Crippen LogP contribution in [0.15, 0.2) is 36.5 Å². The molecule has 0 aliphatic heterocycles. The lowest BCUT2D eigenvalue weighted by Crippen LogP contribution is -2.23. The molecule has 0 amide bonds. The van der Waals surface area contributed by atoms with Crippen LogP contribution in [-0.4, -0.2) is 20.6 Å². The van der Waals surface area contributed by atoms with Crippen molar-refractivity contribution in [3.63, 3.8) is 0 Å². The van der Waals surface area contributed by atoms with Crippen LogP contribution in [0.3, 0.4) is 0 Å². The van der Waals surface area contributed by atoms with E-state index in [9.17, 15) is 0 Å². The molecular formula is C21H28N6. The van der Waals surface area contributed by atoms with Gasteiger partial charge in [-0.3, -0.25) is 0 Å². The lowest BCUT2D eigenvalue weighted by Gasteiger charge is -2.23. The first-order valence-electron chi connectivity index (χ1n) is 9.88. The summed E-state index contributed by atoms with van der Waals surface area (Å²) < 4.78 is 1.88. The number of hydrogen-bond donors (Lipinski definition) is 3. The Balaban J connectivity index is 1.73. The number of nitrogens with zero attached hydrogens (tertiary/aromatic N) is 3. The molecule has 3 aromatic rings. The normalized spacial score (nSPS) is 15.4. The van der Waals surface area contributed by atoms with Crippen molar-refractivity contribution in [2.75, 3.05) is 16.4 Å². The second-order valence-corrected chi connectivity index (χ2v) is 7.75. The molecule has 0 unspecified atom stereocenters. The summed E-state index contributed by atoms with van der Waals surface area (Å²) in [4.78, 5) is 4.90. The maximum absolute atomic E-state index is 5.94. The average Bonchev–Trinajstić information content (AvgIpc) is 3.07. The summed E-state index contributed by atoms with van der Waals surface area (Å²) in [5, 5.41) is 11.7. The van der Waals surface area contributed by atoms with Crippen molar-refractivity contribution in [1.29, 1.82) is 0 Å². The van der Waals surface area contributed by atoms with E-state index in [1.54, 1.807) is 0 Å². The third kappa shape index (κ3) is 3.84. The summed E-state index contributed by atoms with van der Waals surface area (Å²) >= 11 is 0. The van der Waals surface area contributed by atoms with Crippen LogP contribution in [-0.2, 0) is 0 Å². The van der Waals surface area contributed by atoms with Crippen molar-refractivity contribution in [3.8, 4) is 0 Å². The molecule has 1 aliphatic carbocycles. The molecule has 0 radical (unpaired) electrons. The van der Waals surface area contributed by atoms with Crippen molar-refractivity contribution in [2.24, 2.45) is 0 Å². The Kier molecular flexibility index (Phi) is 4.88. The molecule has 1 fully saturated rings. The Hall–Kier alpha value is -2.76. The van der Waals surface area contributed by atoms with Crippen molar-refractivity contribution in [3.05, 3.63) is 42.1 Å². The maximum Gasteiger partial charge on any atom is 0.163 e. The molecule has 2 aromatic heterocycles. The molecule has 1 aliphatic rings. The summed E-state index contributed by atoms with van der Waals surface area (Å²) in [5.74, 6) is 2.15. The van der Waals surface area contributed by atoms with E-state index in [1.165, 1.54) is 32.1 Å². The van der Waals surface area contributed by atoms with E-state index >= 15 is 0 Å². The van der Waals surface area contributed by atoms with E-state index in [0.717, 1.165) is 34.2 Å². The fraction of sp³-hybridized carbons (Fsp3) is 0.429. The van der Waals surface area contributed by atoms with Gasteiger partial charge >= 0.3 is 0 Å². The maximum atomic E-state index is 5.94. The number of nitrogens with two attached hydrogens (primary N) is 1. The fourth-order valence-corrected chi connectivity index (χ4v) is 3.77. The van der Waals surface area contributed by atoms with Crippen LogP contribution < -0.4 is 16.4 Å². The number of fused-ring (bicyclic) bond motifs is 1. The van der Waals surface area contributed by atoms with Gasteiger partial charge in [-0.25, -0.2) is 4.98 Å². The van der Waals surface area contributed by atoms with E-state index < -0.39 is 0 Å². The number of hydrogen-bond acceptors (Lipinski definition) is 5. The smallest absolute Gasteiger partial charge is 0.163 e. The van der Waals surface area contributed by atoms with Crippen LogP contribution in [0.1, 0.15) is 57.4 Å². The molecule has 1 saturated carbocycles. The van der Waals surface area contributed by atoms with E-state index in [0.29, 0.717) is 12.0 Å². The van der Waals surface area contributed by atoms with Crippen LogP contribution in [0, 0.1) is 0 Å². The minimum Gasteiger partial charge on any atom is -0.399 e. The van der Waals surface area contributed by atoms with Crippen molar-refractivity contribution in [1.82, 2.24) is 14.6 Å². The number of rotatable bonds is 5. The second kappa shape index (κ2) is 7.47. The van der Waals surface area contributed by atoms with Gasteiger partial charge in [0.25, 0.3) is 0 Å². The van der Waals surface area contributed by atoms with Gasteiger partial charge in [0.2, 0.25) is 0 Å². The van der Waals surface area contributed by atoms with Crippen LogP contribution in [0.2, 0.25) is 0 Å². The summed E-state index contributed by atoms with van der Waals surface area (Å²) in [6.07, 6.45) is 8.26. The number of nitrogen functional groups attached to an aromatic ring is 1. The van der Waals surface area contributed by atoms with Crippen molar-refractivity contribution < 1.29 is 0 Å². The van der Waals surface area contributed by atoms with Gasteiger partial charge in [-0.2, -0.15) is 9.61 Å². The zero-order chi connectivity index (χ0) is 18.8. The first-order valence-corrected chi connectivity index (χ1v) is 9.88. The SMILES string of the molecule is CC(C)c1cnn2c(Nc3cccc(N)c3)cc(NC3CCCCC3)nc12. The van der Waals surface area contributed by atoms with Crippen molar-refractivity contribution in [2.45, 2.75) is 57.9 Å². The molecule has 4 N–H and O–H groups in total. The molecule has 142 valence electrons. The van der Waals surface area contributed by atoms with Crippen LogP contribution in [0.4, 0.5) is 23.0 Å². The predicted molar refractivity (Wildman–Crippen MR) is 112 cm³/mol. The predicted octanol–water partition coefficient (Wildman–Crippen LogP) is 4.92. The van der Waals surface area contributed by atoms with Crippen LogP contribution in [0.5, 0.6) is 0 Å². The van der Waals surface area contributed by atoms with E-state index in [1.807, 2.05) is 41.0 Å². The topological polar surface area (TPSA) is 80.3 Å². The molecule has 6 heteroatoms. The summed E-state index contributed by atoms with van der Waals surface area (Å²) in [5.41, 5.74) is 9.65. The highest BCUT2D eigenvalue weighted by molar-refractivity contribution is 5.67. The van der Waals surface area contributed by atoms with Gasteiger partial charge in [0, 0.05) is 29.0 Å². The zero-order valence-corrected chi connectivity index (χ0v) is 16.1. The quantitative estimate of drug-likeness (QED) is 0.560. The minimum atomic E-state index is 0.361. The molecule has 27 heavy (non-hydrogen) atoms. The molecule has 0 saturated heterocycles. The Morgan fingerprint density at radius 1 is 1.15 bits per heavy atom. The van der Waals surface area contributed by atoms with Gasteiger partial charge in [-0.15, -0.1) is 0 Å². The van der Waals surface area contributed by atoms with E-state index in [2.05, 4.69) is 29.6 Å². The van der Waals surface area contributed by atoms with Gasteiger partial charge in [-0.1, -0.05) is 39.2 Å². The Morgan fingerprint density at radius 3 is 2.70 bits per heavy atom. The summed E-state index contributed by atoms with van der Waals surface area (Å²) in [6.45, 7) is 4.34. The molecule has 4 rings (SSSR count). The van der Waals surface area contributed by atoms with E-state index in [-0.39, 0.29) is 0 Å². The van der Waals surface area contributed by atoms with Crippen LogP contribution >= 0.6 is 0 Å². The van der Waals surface area contributed by atoms with Gasteiger partial charge in [-0.05, 0) is 37.0 Å². The van der Waals surface area contributed by atoms with E-state index in [4.69, 9.17) is 10.7 Å². The standard InChI is InChI=1S/C21H28N6/c1-14(2)18-13-23-27-20(25-17-10-6-7-15(22)11-17)12-19(26-21(18)27)24-16-8-4-3-5-9-16/h6-7,10-14,16,25H,3-5,8-9,22H2,1-2H3,(H,24,26). The lowest BCUT2D eigenvalue weighted by atomic mass is 9.95. The van der Waals surface area contributed by atoms with Gasteiger partial charge in [0.05, 0.1) is 6.20 Å². The third-order valence-corrected chi connectivity index (χ3v) is 5.24. The Morgan fingerprint density at radius 2 is 1.96 bits per heavy atom. The fourth-order valence-electron chi connectivity index (χ4n) is 3.77. The molecule has 0 bridgehead atoms. The highest BCUT2D eigenvalue weighted by atomic mass is 15.3. The molecule has 6 nitrogen and oxygen atoms in total. The average molecular weight is 364 g/mol. The number of aromatic nitrogens is 3. The molecule has 2 heterocycles. The molecule has 0 atom stereocenters. The number of nitrogens with one attached hydrogen (secondary N) is 2. The van der Waals surface area contributed by atoms with Gasteiger partial charge < -0.3 is 16.4 Å². The van der Waals surface area contributed by atoms with Crippen molar-refractivity contribution >= 4 is 28.7 Å². The molecular weight excluding hydrogens is 336 g/mol. The Labute approximate surface area is 160 Å². The lowest BCUT2D eigenvalue weighted by molar-refractivity contribution is 0.462. The molecule has 1 aromatic carbocycles. The third-order valence-electron chi connectivity index (χ3n) is 5.24. The first kappa shape index (κ1) is 17.6. The highest BCUT2D eigenvalue weighted by Crippen LogP contribution is 2.28. The van der Waals surface area contributed by atoms with Gasteiger partial charge in [0.1, 0.15) is 11.6 Å². The minimum absolute atomic E-state index is 0.361. The zero-order valence-electron chi connectivity index (χ0n) is 16.1. The van der Waals surface area contributed by atoms with Crippen LogP contribution in [0.25, 0.3) is 5.65 Å². The number of anilines is 4. The van der Waals surface area contributed by atoms with Gasteiger partial charge in [0.15, 0.2) is 5.65 Å². The monoisotopic (exact) mass is 364 g/mol.